The fraction of sp³-hybridized carbons (Fsp3) is 0.667. The van der Waals surface area contributed by atoms with Crippen LogP contribution in [0.5, 0.6) is 0 Å². The minimum atomic E-state index is -1.01. The summed E-state index contributed by atoms with van der Waals surface area (Å²) in [6.07, 6.45) is 1.07. The van der Waals surface area contributed by atoms with Gasteiger partial charge in [-0.05, 0) is 39.4 Å². The van der Waals surface area contributed by atoms with Gasteiger partial charge in [0.1, 0.15) is 5.76 Å². The molecule has 0 saturated carbocycles. The molecule has 0 aliphatic rings. The van der Waals surface area contributed by atoms with E-state index in [2.05, 4.69) is 38.2 Å². The van der Waals surface area contributed by atoms with Gasteiger partial charge in [-0.25, -0.2) is 4.79 Å². The number of hydrogen-bond donors (Lipinski definition) is 2. The lowest BCUT2D eigenvalue weighted by Crippen LogP contribution is -2.38. The Morgan fingerprint density at radius 1 is 1.45 bits per heavy atom. The van der Waals surface area contributed by atoms with E-state index in [1.165, 1.54) is 0 Å². The van der Waals surface area contributed by atoms with Crippen molar-refractivity contribution in [2.75, 3.05) is 20.6 Å². The van der Waals surface area contributed by atoms with Crippen molar-refractivity contribution < 1.29 is 14.3 Å². The second kappa shape index (κ2) is 7.45. The van der Waals surface area contributed by atoms with Crippen LogP contribution in [0.25, 0.3) is 0 Å². The Bertz CT molecular complexity index is 428. The van der Waals surface area contributed by atoms with Gasteiger partial charge in [-0.3, -0.25) is 0 Å². The minimum Gasteiger partial charge on any atom is -0.475 e. The van der Waals surface area contributed by atoms with E-state index >= 15 is 0 Å². The molecule has 20 heavy (non-hydrogen) atoms. The van der Waals surface area contributed by atoms with Gasteiger partial charge in [-0.1, -0.05) is 13.8 Å². The molecule has 1 aromatic heterocycles. The number of aromatic carboxylic acids is 1. The van der Waals surface area contributed by atoms with E-state index in [9.17, 15) is 4.79 Å². The molecule has 0 amide bonds. The van der Waals surface area contributed by atoms with Crippen molar-refractivity contribution in [3.8, 4) is 0 Å². The fourth-order valence-corrected chi connectivity index (χ4v) is 2.32. The number of carbonyl (C=O) groups is 1. The molecule has 5 nitrogen and oxygen atoms in total. The number of hydrogen-bond acceptors (Lipinski definition) is 4. The second-order valence-electron chi connectivity index (χ2n) is 6.00. The molecule has 114 valence electrons. The van der Waals surface area contributed by atoms with Gasteiger partial charge in [0.05, 0.1) is 6.54 Å². The second-order valence-corrected chi connectivity index (χ2v) is 6.00. The predicted octanol–water partition coefficient (Wildman–Crippen LogP) is 2.35. The van der Waals surface area contributed by atoms with E-state index in [0.717, 1.165) is 13.0 Å². The molecule has 0 saturated heterocycles. The molecule has 0 aromatic carbocycles. The van der Waals surface area contributed by atoms with Gasteiger partial charge in [0, 0.05) is 18.2 Å². The smallest absolute Gasteiger partial charge is 0.372 e. The molecule has 0 bridgehead atoms. The topological polar surface area (TPSA) is 65.7 Å². The van der Waals surface area contributed by atoms with Crippen molar-refractivity contribution in [2.24, 2.45) is 5.92 Å². The lowest BCUT2D eigenvalue weighted by molar-refractivity contribution is 0.0659. The molecule has 0 aliphatic carbocycles. The van der Waals surface area contributed by atoms with E-state index in [1.807, 2.05) is 0 Å². The summed E-state index contributed by atoms with van der Waals surface area (Å²) < 4.78 is 5.36. The van der Waals surface area contributed by atoms with Crippen LogP contribution in [0.1, 0.15) is 42.1 Å². The summed E-state index contributed by atoms with van der Waals surface area (Å²) in [5, 5.41) is 12.4. The number of carboxylic acids is 1. The lowest BCUT2D eigenvalue weighted by atomic mass is 10.0. The maximum absolute atomic E-state index is 10.9. The van der Waals surface area contributed by atoms with Crippen LogP contribution in [0.2, 0.25) is 0 Å². The number of rotatable bonds is 8. The van der Waals surface area contributed by atoms with Gasteiger partial charge in [0.15, 0.2) is 0 Å². The highest BCUT2D eigenvalue weighted by atomic mass is 16.4. The largest absolute Gasteiger partial charge is 0.475 e. The summed E-state index contributed by atoms with van der Waals surface area (Å²) in [4.78, 5) is 13.1. The third-order valence-corrected chi connectivity index (χ3v) is 3.07. The zero-order chi connectivity index (χ0) is 15.3. The molecule has 0 spiro atoms. The van der Waals surface area contributed by atoms with Gasteiger partial charge >= 0.3 is 5.97 Å². The van der Waals surface area contributed by atoms with Crippen molar-refractivity contribution in [1.82, 2.24) is 10.2 Å². The Kier molecular flexibility index (Phi) is 6.23. The highest BCUT2D eigenvalue weighted by Gasteiger charge is 2.16. The van der Waals surface area contributed by atoms with Crippen molar-refractivity contribution in [1.29, 1.82) is 0 Å². The Labute approximate surface area is 121 Å². The predicted molar refractivity (Wildman–Crippen MR) is 79.0 cm³/mol. The maximum Gasteiger partial charge on any atom is 0.372 e. The Morgan fingerprint density at radius 2 is 2.10 bits per heavy atom. The summed E-state index contributed by atoms with van der Waals surface area (Å²) >= 11 is 0. The van der Waals surface area contributed by atoms with Crippen molar-refractivity contribution in [2.45, 2.75) is 39.8 Å². The SMILES string of the molecule is Cc1cc(CNC(CC(C)C)CN(C)C)oc1C(=O)O. The molecule has 1 aromatic rings. The highest BCUT2D eigenvalue weighted by Crippen LogP contribution is 2.15. The summed E-state index contributed by atoms with van der Waals surface area (Å²) in [6.45, 7) is 7.65. The van der Waals surface area contributed by atoms with Crippen LogP contribution >= 0.6 is 0 Å². The minimum absolute atomic E-state index is 0.0369. The zero-order valence-corrected chi connectivity index (χ0v) is 13.1. The summed E-state index contributed by atoms with van der Waals surface area (Å²) in [5.74, 6) is 0.309. The van der Waals surface area contributed by atoms with Crippen LogP contribution in [-0.4, -0.2) is 42.7 Å². The first-order chi connectivity index (χ1) is 9.29. The molecular weight excluding hydrogens is 256 g/mol. The van der Waals surface area contributed by atoms with Crippen LogP contribution < -0.4 is 5.32 Å². The summed E-state index contributed by atoms with van der Waals surface area (Å²) in [6, 6.07) is 2.15. The lowest BCUT2D eigenvalue weighted by Gasteiger charge is -2.23. The first-order valence-corrected chi connectivity index (χ1v) is 7.00. The fourth-order valence-electron chi connectivity index (χ4n) is 2.32. The van der Waals surface area contributed by atoms with Crippen LogP contribution in [0, 0.1) is 12.8 Å². The number of carboxylic acid groups (broad SMARTS) is 1. The number of aryl methyl sites for hydroxylation is 1. The molecular formula is C15H26N2O3. The number of nitrogens with zero attached hydrogens (tertiary/aromatic N) is 1. The number of furan rings is 1. The van der Waals surface area contributed by atoms with Crippen LogP contribution in [0.3, 0.4) is 0 Å². The Balaban J connectivity index is 2.62. The normalized spacial score (nSPS) is 13.2. The summed E-state index contributed by atoms with van der Waals surface area (Å²) in [7, 11) is 4.10. The van der Waals surface area contributed by atoms with Crippen molar-refractivity contribution in [3.63, 3.8) is 0 Å². The standard InChI is InChI=1S/C15H26N2O3/c1-10(2)6-12(9-17(4)5)16-8-13-7-11(3)14(20-13)15(18)19/h7,10,12,16H,6,8-9H2,1-5H3,(H,18,19). The average Bonchev–Trinajstić information content (AvgIpc) is 2.66. The third kappa shape index (κ3) is 5.35. The zero-order valence-electron chi connectivity index (χ0n) is 13.1. The molecule has 2 N–H and O–H groups in total. The molecule has 0 aliphatic heterocycles. The van der Waals surface area contributed by atoms with Gasteiger partial charge in [-0.2, -0.15) is 0 Å². The van der Waals surface area contributed by atoms with Gasteiger partial charge in [0.25, 0.3) is 0 Å². The quantitative estimate of drug-likeness (QED) is 0.766. The molecule has 0 fully saturated rings. The molecule has 5 heteroatoms. The van der Waals surface area contributed by atoms with E-state index in [0.29, 0.717) is 29.8 Å². The van der Waals surface area contributed by atoms with Crippen LogP contribution in [0.15, 0.2) is 10.5 Å². The summed E-state index contributed by atoms with van der Waals surface area (Å²) in [5.41, 5.74) is 0.669. The molecule has 0 radical (unpaired) electrons. The van der Waals surface area contributed by atoms with Gasteiger partial charge in [0.2, 0.25) is 5.76 Å². The first-order valence-electron chi connectivity index (χ1n) is 7.00. The van der Waals surface area contributed by atoms with Gasteiger partial charge < -0.3 is 19.7 Å². The molecule has 1 rings (SSSR count). The Morgan fingerprint density at radius 3 is 2.55 bits per heavy atom. The molecule has 1 unspecified atom stereocenters. The first kappa shape index (κ1) is 16.7. The average molecular weight is 282 g/mol. The number of likely N-dealkylation sites (N-methyl/N-ethyl adjacent to an activating group) is 1. The van der Waals surface area contributed by atoms with E-state index < -0.39 is 5.97 Å². The highest BCUT2D eigenvalue weighted by molar-refractivity contribution is 5.86. The maximum atomic E-state index is 10.9. The molecule has 1 heterocycles. The van der Waals surface area contributed by atoms with Crippen molar-refractivity contribution in [3.05, 3.63) is 23.2 Å². The monoisotopic (exact) mass is 282 g/mol. The van der Waals surface area contributed by atoms with Gasteiger partial charge in [-0.15, -0.1) is 0 Å². The molecule has 1 atom stereocenters. The van der Waals surface area contributed by atoms with E-state index in [4.69, 9.17) is 9.52 Å². The number of nitrogens with one attached hydrogen (secondary N) is 1. The van der Waals surface area contributed by atoms with Crippen LogP contribution in [-0.2, 0) is 6.54 Å². The Hall–Kier alpha value is -1.33. The van der Waals surface area contributed by atoms with E-state index in [1.54, 1.807) is 13.0 Å². The van der Waals surface area contributed by atoms with E-state index in [-0.39, 0.29) is 5.76 Å². The van der Waals surface area contributed by atoms with Crippen molar-refractivity contribution >= 4 is 5.97 Å². The van der Waals surface area contributed by atoms with Crippen LogP contribution in [0.4, 0.5) is 0 Å². The third-order valence-electron chi connectivity index (χ3n) is 3.07.